The van der Waals surface area contributed by atoms with Gasteiger partial charge in [-0.2, -0.15) is 4.98 Å². The molecule has 3 aromatic rings. The number of aromatic nitrogens is 2. The second-order valence-electron chi connectivity index (χ2n) is 8.98. The van der Waals surface area contributed by atoms with Gasteiger partial charge in [-0.05, 0) is 54.2 Å². The predicted molar refractivity (Wildman–Crippen MR) is 114 cm³/mol. The zero-order valence-electron chi connectivity index (χ0n) is 17.7. The molecule has 0 N–H and O–H groups in total. The Morgan fingerprint density at radius 1 is 1.07 bits per heavy atom. The van der Waals surface area contributed by atoms with Crippen molar-refractivity contribution < 1.29 is 9.32 Å². The van der Waals surface area contributed by atoms with Crippen LogP contribution in [0.5, 0.6) is 0 Å². The van der Waals surface area contributed by atoms with Crippen molar-refractivity contribution in [3.8, 4) is 11.5 Å². The number of nitrogens with zero attached hydrogens (tertiary/aromatic N) is 3. The molecule has 2 aromatic carbocycles. The Morgan fingerprint density at radius 2 is 1.79 bits per heavy atom. The Labute approximate surface area is 171 Å². The van der Waals surface area contributed by atoms with Crippen LogP contribution >= 0.6 is 0 Å². The van der Waals surface area contributed by atoms with Crippen LogP contribution in [0.15, 0.2) is 47.0 Å². The largest absolute Gasteiger partial charge is 0.334 e. The number of aryl methyl sites for hydroxylation is 2. The minimum atomic E-state index is -0.0613. The molecular weight excluding hydrogens is 362 g/mol. The van der Waals surface area contributed by atoms with Crippen molar-refractivity contribution in [1.82, 2.24) is 10.1 Å². The van der Waals surface area contributed by atoms with Gasteiger partial charge in [-0.3, -0.25) is 4.79 Å². The summed E-state index contributed by atoms with van der Waals surface area (Å²) in [5.74, 6) is 1.14. The summed E-state index contributed by atoms with van der Waals surface area (Å²) < 4.78 is 5.52. The van der Waals surface area contributed by atoms with Gasteiger partial charge in [0, 0.05) is 30.1 Å². The first-order valence-corrected chi connectivity index (χ1v) is 10.0. The molecule has 0 aliphatic carbocycles. The van der Waals surface area contributed by atoms with Crippen molar-refractivity contribution >= 4 is 11.6 Å². The van der Waals surface area contributed by atoms with E-state index in [1.807, 2.05) is 30.9 Å². The number of carbonyl (C=O) groups excluding carboxylic acids is 1. The van der Waals surface area contributed by atoms with E-state index in [0.29, 0.717) is 24.7 Å². The lowest BCUT2D eigenvalue weighted by molar-refractivity contribution is -0.117. The Bertz CT molecular complexity index is 1040. The van der Waals surface area contributed by atoms with E-state index in [2.05, 4.69) is 61.2 Å². The monoisotopic (exact) mass is 389 g/mol. The summed E-state index contributed by atoms with van der Waals surface area (Å²) in [5, 5.41) is 4.18. The fourth-order valence-corrected chi connectivity index (χ4v) is 3.75. The van der Waals surface area contributed by atoms with Crippen molar-refractivity contribution in [2.75, 3.05) is 11.4 Å². The topological polar surface area (TPSA) is 59.2 Å². The first kappa shape index (κ1) is 19.4. The quantitative estimate of drug-likeness (QED) is 0.620. The first-order chi connectivity index (χ1) is 13.7. The van der Waals surface area contributed by atoms with Crippen LogP contribution in [0.25, 0.3) is 11.5 Å². The molecule has 1 amide bonds. The van der Waals surface area contributed by atoms with Gasteiger partial charge in [0.05, 0.1) is 0 Å². The van der Waals surface area contributed by atoms with Gasteiger partial charge in [0.1, 0.15) is 0 Å². The molecule has 4 rings (SSSR count). The predicted octanol–water partition coefficient (Wildman–Crippen LogP) is 5.17. The van der Waals surface area contributed by atoms with E-state index in [-0.39, 0.29) is 17.2 Å². The third-order valence-corrected chi connectivity index (χ3v) is 5.59. The smallest absolute Gasteiger partial charge is 0.257 e. The summed E-state index contributed by atoms with van der Waals surface area (Å²) in [5.41, 5.74) is 5.46. The highest BCUT2D eigenvalue weighted by molar-refractivity contribution is 5.97. The van der Waals surface area contributed by atoms with Crippen LogP contribution in [-0.2, 0) is 10.2 Å². The standard InChI is InChI=1S/C24H27N3O2/c1-15-6-7-16(2)20(12-15)27-14-18(13-21(27)28)22-25-23(29-26-22)17-8-10-19(11-9-17)24(3,4)5/h6-12,18H,13-14H2,1-5H3. The average molecular weight is 389 g/mol. The van der Waals surface area contributed by atoms with Crippen LogP contribution in [0.1, 0.15) is 55.6 Å². The van der Waals surface area contributed by atoms with Crippen LogP contribution in [0.2, 0.25) is 0 Å². The Balaban J connectivity index is 1.54. The maximum absolute atomic E-state index is 12.7. The van der Waals surface area contributed by atoms with E-state index in [1.54, 1.807) is 0 Å². The van der Waals surface area contributed by atoms with E-state index in [0.717, 1.165) is 22.4 Å². The van der Waals surface area contributed by atoms with E-state index in [1.165, 1.54) is 5.56 Å². The fraction of sp³-hybridized carbons (Fsp3) is 0.375. The van der Waals surface area contributed by atoms with E-state index in [9.17, 15) is 4.79 Å². The van der Waals surface area contributed by atoms with Crippen molar-refractivity contribution in [2.45, 2.75) is 52.4 Å². The highest BCUT2D eigenvalue weighted by atomic mass is 16.5. The minimum Gasteiger partial charge on any atom is -0.334 e. The van der Waals surface area contributed by atoms with Gasteiger partial charge < -0.3 is 9.42 Å². The highest BCUT2D eigenvalue weighted by Gasteiger charge is 2.35. The van der Waals surface area contributed by atoms with Crippen molar-refractivity contribution in [2.24, 2.45) is 0 Å². The lowest BCUT2D eigenvalue weighted by Crippen LogP contribution is -2.25. The van der Waals surface area contributed by atoms with Gasteiger partial charge in [-0.25, -0.2) is 0 Å². The molecule has 0 spiro atoms. The number of anilines is 1. The normalized spacial score (nSPS) is 17.2. The second kappa shape index (κ2) is 7.14. The van der Waals surface area contributed by atoms with Gasteiger partial charge >= 0.3 is 0 Å². The van der Waals surface area contributed by atoms with Crippen LogP contribution in [0, 0.1) is 13.8 Å². The summed E-state index contributed by atoms with van der Waals surface area (Å²) in [4.78, 5) is 19.1. The maximum Gasteiger partial charge on any atom is 0.257 e. The zero-order valence-corrected chi connectivity index (χ0v) is 17.7. The molecule has 1 saturated heterocycles. The molecule has 1 aliphatic heterocycles. The van der Waals surface area contributed by atoms with Gasteiger partial charge in [-0.1, -0.05) is 50.2 Å². The number of amides is 1. The molecule has 2 heterocycles. The number of benzene rings is 2. The molecule has 1 unspecified atom stereocenters. The Morgan fingerprint density at radius 3 is 2.48 bits per heavy atom. The van der Waals surface area contributed by atoms with Crippen LogP contribution in [-0.4, -0.2) is 22.6 Å². The summed E-state index contributed by atoms with van der Waals surface area (Å²) in [7, 11) is 0. The Kier molecular flexibility index (Phi) is 4.77. The summed E-state index contributed by atoms with van der Waals surface area (Å²) in [6.07, 6.45) is 0.398. The molecule has 1 aliphatic rings. The third-order valence-electron chi connectivity index (χ3n) is 5.59. The molecule has 0 bridgehead atoms. The number of carbonyl (C=O) groups is 1. The van der Waals surface area contributed by atoms with Crippen LogP contribution in [0.3, 0.4) is 0 Å². The molecule has 1 atom stereocenters. The molecule has 29 heavy (non-hydrogen) atoms. The van der Waals surface area contributed by atoms with Crippen molar-refractivity contribution in [3.05, 3.63) is 65.0 Å². The molecule has 0 radical (unpaired) electrons. The maximum atomic E-state index is 12.7. The Hall–Kier alpha value is -2.95. The first-order valence-electron chi connectivity index (χ1n) is 10.0. The van der Waals surface area contributed by atoms with Crippen molar-refractivity contribution in [3.63, 3.8) is 0 Å². The van der Waals surface area contributed by atoms with E-state index >= 15 is 0 Å². The molecule has 1 aromatic heterocycles. The molecule has 5 heteroatoms. The summed E-state index contributed by atoms with van der Waals surface area (Å²) >= 11 is 0. The zero-order chi connectivity index (χ0) is 20.8. The van der Waals surface area contributed by atoms with E-state index in [4.69, 9.17) is 4.52 Å². The second-order valence-corrected chi connectivity index (χ2v) is 8.98. The number of hydrogen-bond donors (Lipinski definition) is 0. The van der Waals surface area contributed by atoms with Crippen molar-refractivity contribution in [1.29, 1.82) is 0 Å². The molecule has 5 nitrogen and oxygen atoms in total. The van der Waals surface area contributed by atoms with Gasteiger partial charge in [0.15, 0.2) is 5.82 Å². The number of rotatable bonds is 3. The number of hydrogen-bond acceptors (Lipinski definition) is 4. The summed E-state index contributed by atoms with van der Waals surface area (Å²) in [6.45, 7) is 11.2. The summed E-state index contributed by atoms with van der Waals surface area (Å²) in [6, 6.07) is 14.4. The molecule has 0 saturated carbocycles. The van der Waals surface area contributed by atoms with Gasteiger partial charge in [-0.15, -0.1) is 0 Å². The average Bonchev–Trinajstić information content (AvgIpc) is 3.30. The molecule has 1 fully saturated rings. The van der Waals surface area contributed by atoms with E-state index < -0.39 is 0 Å². The molecular formula is C24H27N3O2. The molecule has 150 valence electrons. The lowest BCUT2D eigenvalue weighted by Gasteiger charge is -2.19. The third kappa shape index (κ3) is 3.82. The van der Waals surface area contributed by atoms with Crippen LogP contribution < -0.4 is 4.90 Å². The van der Waals surface area contributed by atoms with Crippen LogP contribution in [0.4, 0.5) is 5.69 Å². The lowest BCUT2D eigenvalue weighted by atomic mass is 9.87. The fourth-order valence-electron chi connectivity index (χ4n) is 3.75. The van der Waals surface area contributed by atoms with Gasteiger partial charge in [0.2, 0.25) is 5.91 Å². The minimum absolute atomic E-state index is 0.0613. The highest BCUT2D eigenvalue weighted by Crippen LogP contribution is 2.33. The SMILES string of the molecule is Cc1ccc(C)c(N2CC(c3noc(-c4ccc(C(C)(C)C)cc4)n3)CC2=O)c1. The van der Waals surface area contributed by atoms with Gasteiger partial charge in [0.25, 0.3) is 5.89 Å².